The highest BCUT2D eigenvalue weighted by Gasteiger charge is 2.32. The van der Waals surface area contributed by atoms with Gasteiger partial charge in [-0.25, -0.2) is 0 Å². The van der Waals surface area contributed by atoms with Crippen LogP contribution in [0.5, 0.6) is 0 Å². The molecule has 1 unspecified atom stereocenters. The van der Waals surface area contributed by atoms with Crippen LogP contribution in [0.1, 0.15) is 18.1 Å². The van der Waals surface area contributed by atoms with Gasteiger partial charge in [0.25, 0.3) is 0 Å². The highest BCUT2D eigenvalue weighted by atomic mass is 16.2. The van der Waals surface area contributed by atoms with Crippen molar-refractivity contribution in [2.45, 2.75) is 25.9 Å². The monoisotopic (exact) mass is 228 g/mol. The minimum Gasteiger partial charge on any atom is -0.315 e. The molecule has 0 saturated carbocycles. The van der Waals surface area contributed by atoms with Gasteiger partial charge < -0.3 is 4.90 Å². The maximum Gasteiger partial charge on any atom is 0.325 e. The van der Waals surface area contributed by atoms with Crippen LogP contribution in [0.25, 0.3) is 0 Å². The van der Waals surface area contributed by atoms with E-state index in [4.69, 9.17) is 5.26 Å². The summed E-state index contributed by atoms with van der Waals surface area (Å²) in [5.74, 6) is -0.720. The standard InChI is InChI=1S/C13H12N2O2/c1-9(16)12-6-10-4-2-3-5-11(10)8-15(12)13(17)7-14/h2-5,12H,6,8H2,1H3. The van der Waals surface area contributed by atoms with Crippen LogP contribution in [-0.4, -0.2) is 22.6 Å². The van der Waals surface area contributed by atoms with E-state index in [1.165, 1.54) is 11.8 Å². The van der Waals surface area contributed by atoms with E-state index in [1.807, 2.05) is 24.3 Å². The number of Topliss-reactive ketones (excluding diaryl/α,β-unsaturated/α-hetero) is 1. The van der Waals surface area contributed by atoms with Crippen molar-refractivity contribution in [3.63, 3.8) is 0 Å². The number of amides is 1. The summed E-state index contributed by atoms with van der Waals surface area (Å²) in [6, 6.07) is 8.77. The smallest absolute Gasteiger partial charge is 0.315 e. The molecular weight excluding hydrogens is 216 g/mol. The fourth-order valence-corrected chi connectivity index (χ4v) is 2.16. The molecule has 1 aromatic rings. The summed E-state index contributed by atoms with van der Waals surface area (Å²) in [5.41, 5.74) is 2.09. The van der Waals surface area contributed by atoms with Crippen LogP contribution in [0.15, 0.2) is 24.3 Å². The number of benzene rings is 1. The van der Waals surface area contributed by atoms with Gasteiger partial charge in [-0.2, -0.15) is 5.26 Å². The molecule has 1 heterocycles. The minimum absolute atomic E-state index is 0.0805. The lowest BCUT2D eigenvalue weighted by Gasteiger charge is -2.33. The normalized spacial score (nSPS) is 18.1. The summed E-state index contributed by atoms with van der Waals surface area (Å²) < 4.78 is 0. The van der Waals surface area contributed by atoms with Gasteiger partial charge in [0.15, 0.2) is 11.9 Å². The first kappa shape index (κ1) is 11.3. The number of fused-ring (bicyclic) bond motifs is 1. The second-order valence-corrected chi connectivity index (χ2v) is 4.14. The number of nitrogens with zero attached hydrogens (tertiary/aromatic N) is 2. The van der Waals surface area contributed by atoms with E-state index in [0.717, 1.165) is 11.1 Å². The SMILES string of the molecule is CC(=O)C1Cc2ccccc2CN1C(=O)C#N. The first-order valence-electron chi connectivity index (χ1n) is 5.41. The molecule has 0 fully saturated rings. The molecule has 1 aliphatic rings. The number of hydrogen-bond donors (Lipinski definition) is 0. The lowest BCUT2D eigenvalue weighted by Crippen LogP contribution is -2.47. The van der Waals surface area contributed by atoms with E-state index >= 15 is 0 Å². The van der Waals surface area contributed by atoms with E-state index in [9.17, 15) is 9.59 Å². The second kappa shape index (κ2) is 4.38. The van der Waals surface area contributed by atoms with Crippen molar-refractivity contribution in [3.8, 4) is 6.07 Å². The first-order chi connectivity index (χ1) is 8.13. The molecule has 1 amide bonds. The van der Waals surface area contributed by atoms with Gasteiger partial charge >= 0.3 is 5.91 Å². The molecule has 0 aliphatic carbocycles. The molecule has 0 aromatic heterocycles. The van der Waals surface area contributed by atoms with Crippen molar-refractivity contribution in [2.75, 3.05) is 0 Å². The number of carbonyl (C=O) groups is 2. The highest BCUT2D eigenvalue weighted by Crippen LogP contribution is 2.23. The number of nitriles is 1. The largest absolute Gasteiger partial charge is 0.325 e. The van der Waals surface area contributed by atoms with E-state index in [-0.39, 0.29) is 5.78 Å². The van der Waals surface area contributed by atoms with Gasteiger partial charge in [0.05, 0.1) is 6.04 Å². The zero-order chi connectivity index (χ0) is 12.4. The Morgan fingerprint density at radius 2 is 2.00 bits per heavy atom. The van der Waals surface area contributed by atoms with Crippen molar-refractivity contribution < 1.29 is 9.59 Å². The lowest BCUT2D eigenvalue weighted by atomic mass is 9.92. The quantitative estimate of drug-likeness (QED) is 0.675. The zero-order valence-electron chi connectivity index (χ0n) is 9.51. The third-order valence-corrected chi connectivity index (χ3v) is 3.07. The molecule has 1 aromatic carbocycles. The van der Waals surface area contributed by atoms with E-state index in [0.29, 0.717) is 13.0 Å². The van der Waals surface area contributed by atoms with Crippen molar-refractivity contribution in [1.29, 1.82) is 5.26 Å². The van der Waals surface area contributed by atoms with Gasteiger partial charge in [-0.1, -0.05) is 24.3 Å². The molecule has 0 N–H and O–H groups in total. The molecular formula is C13H12N2O2. The molecule has 2 rings (SSSR count). The Labute approximate surface area is 99.5 Å². The summed E-state index contributed by atoms with van der Waals surface area (Å²) in [7, 11) is 0. The molecule has 1 atom stereocenters. The summed E-state index contributed by atoms with van der Waals surface area (Å²) in [4.78, 5) is 24.4. The van der Waals surface area contributed by atoms with Gasteiger partial charge in [0.2, 0.25) is 0 Å². The summed E-state index contributed by atoms with van der Waals surface area (Å²) in [6.45, 7) is 1.79. The molecule has 17 heavy (non-hydrogen) atoms. The number of rotatable bonds is 1. The van der Waals surface area contributed by atoms with Gasteiger partial charge in [0, 0.05) is 13.0 Å². The predicted molar refractivity (Wildman–Crippen MR) is 60.8 cm³/mol. The van der Waals surface area contributed by atoms with Gasteiger partial charge in [-0.3, -0.25) is 9.59 Å². The molecule has 86 valence electrons. The molecule has 0 bridgehead atoms. The minimum atomic E-state index is -0.639. The second-order valence-electron chi connectivity index (χ2n) is 4.14. The van der Waals surface area contributed by atoms with Crippen LogP contribution in [0.3, 0.4) is 0 Å². The summed E-state index contributed by atoms with van der Waals surface area (Å²) >= 11 is 0. The van der Waals surface area contributed by atoms with Crippen molar-refractivity contribution in [2.24, 2.45) is 0 Å². The highest BCUT2D eigenvalue weighted by molar-refractivity contribution is 5.95. The average Bonchev–Trinajstić information content (AvgIpc) is 2.36. The average molecular weight is 228 g/mol. The topological polar surface area (TPSA) is 61.2 Å². The molecule has 0 radical (unpaired) electrons. The molecule has 0 spiro atoms. The Bertz CT molecular complexity index is 516. The maximum absolute atomic E-state index is 11.5. The molecule has 4 nitrogen and oxygen atoms in total. The van der Waals surface area contributed by atoms with Crippen LogP contribution in [0.2, 0.25) is 0 Å². The van der Waals surface area contributed by atoms with Gasteiger partial charge in [0.1, 0.15) is 0 Å². The van der Waals surface area contributed by atoms with E-state index < -0.39 is 11.9 Å². The van der Waals surface area contributed by atoms with Crippen molar-refractivity contribution in [1.82, 2.24) is 4.90 Å². The van der Waals surface area contributed by atoms with Gasteiger partial charge in [-0.05, 0) is 18.1 Å². The third kappa shape index (κ3) is 2.04. The maximum atomic E-state index is 11.5. The van der Waals surface area contributed by atoms with Crippen molar-refractivity contribution in [3.05, 3.63) is 35.4 Å². The number of hydrogen-bond acceptors (Lipinski definition) is 3. The predicted octanol–water partition coefficient (Wildman–Crippen LogP) is 1.05. The van der Waals surface area contributed by atoms with Crippen LogP contribution in [0.4, 0.5) is 0 Å². The number of ketones is 1. The first-order valence-corrected chi connectivity index (χ1v) is 5.41. The summed E-state index contributed by atoms with van der Waals surface area (Å²) in [6.07, 6.45) is 0.499. The molecule has 4 heteroatoms. The molecule has 1 aliphatic heterocycles. The van der Waals surface area contributed by atoms with Crippen LogP contribution in [0, 0.1) is 11.3 Å². The Hall–Kier alpha value is -2.15. The van der Waals surface area contributed by atoms with Crippen molar-refractivity contribution >= 4 is 11.7 Å². The van der Waals surface area contributed by atoms with Crippen LogP contribution < -0.4 is 0 Å². The fraction of sp³-hybridized carbons (Fsp3) is 0.308. The Balaban J connectivity index is 2.38. The van der Waals surface area contributed by atoms with Crippen LogP contribution >= 0.6 is 0 Å². The van der Waals surface area contributed by atoms with E-state index in [2.05, 4.69) is 0 Å². The van der Waals surface area contributed by atoms with E-state index in [1.54, 1.807) is 6.07 Å². The number of carbonyl (C=O) groups excluding carboxylic acids is 2. The Morgan fingerprint density at radius 3 is 2.59 bits per heavy atom. The Kier molecular flexibility index (Phi) is 2.92. The fourth-order valence-electron chi connectivity index (χ4n) is 2.16. The summed E-state index contributed by atoms with van der Waals surface area (Å²) in [5, 5.41) is 8.68. The Morgan fingerprint density at radius 1 is 1.35 bits per heavy atom. The zero-order valence-corrected chi connectivity index (χ0v) is 9.51. The third-order valence-electron chi connectivity index (χ3n) is 3.07. The van der Waals surface area contributed by atoms with Gasteiger partial charge in [-0.15, -0.1) is 0 Å². The lowest BCUT2D eigenvalue weighted by molar-refractivity contribution is -0.135. The molecule has 0 saturated heterocycles. The van der Waals surface area contributed by atoms with Crippen LogP contribution in [-0.2, 0) is 22.6 Å².